The van der Waals surface area contributed by atoms with Crippen LogP contribution in [0.15, 0.2) is 48.5 Å². The molecule has 6 heteroatoms. The minimum atomic E-state index is -0.119. The number of piperazine rings is 1. The zero-order valence-corrected chi connectivity index (χ0v) is 15.7. The molecule has 1 heterocycles. The van der Waals surface area contributed by atoms with Gasteiger partial charge in [-0.3, -0.25) is 9.59 Å². The summed E-state index contributed by atoms with van der Waals surface area (Å²) in [5.74, 6) is -0.198. The molecule has 0 radical (unpaired) electrons. The molecule has 3 rings (SSSR count). The summed E-state index contributed by atoms with van der Waals surface area (Å²) >= 11 is 6.13. The summed E-state index contributed by atoms with van der Waals surface area (Å²) in [7, 11) is 3.39. The van der Waals surface area contributed by atoms with Gasteiger partial charge in [0.1, 0.15) is 0 Å². The number of nitrogens with zero attached hydrogens (tertiary/aromatic N) is 2. The van der Waals surface area contributed by atoms with Gasteiger partial charge in [0.15, 0.2) is 0 Å². The molecule has 0 saturated carbocycles. The Hall–Kier alpha value is -2.37. The van der Waals surface area contributed by atoms with E-state index in [1.54, 1.807) is 38.4 Å². The highest BCUT2D eigenvalue weighted by Crippen LogP contribution is 2.26. The Morgan fingerprint density at radius 3 is 2.58 bits per heavy atom. The number of rotatable bonds is 3. The summed E-state index contributed by atoms with van der Waals surface area (Å²) in [5, 5.41) is 3.99. The van der Waals surface area contributed by atoms with Gasteiger partial charge in [-0.05, 0) is 35.9 Å². The summed E-state index contributed by atoms with van der Waals surface area (Å²) in [6.45, 7) is 2.00. The highest BCUT2D eigenvalue weighted by molar-refractivity contribution is 6.30. The number of carbonyl (C=O) groups excluding carboxylic acids is 2. The minimum Gasteiger partial charge on any atom is -0.345 e. The fraction of sp³-hybridized carbons (Fsp3) is 0.300. The van der Waals surface area contributed by atoms with Crippen LogP contribution in [0.2, 0.25) is 5.02 Å². The third-order valence-corrected chi connectivity index (χ3v) is 4.74. The minimum absolute atomic E-state index is 0.0788. The van der Waals surface area contributed by atoms with Crippen LogP contribution in [0.4, 0.5) is 0 Å². The highest BCUT2D eigenvalue weighted by Gasteiger charge is 2.29. The lowest BCUT2D eigenvalue weighted by Crippen LogP contribution is -2.48. The lowest BCUT2D eigenvalue weighted by Gasteiger charge is -2.36. The van der Waals surface area contributed by atoms with Crippen molar-refractivity contribution < 1.29 is 9.59 Å². The average Bonchev–Trinajstić information content (AvgIpc) is 2.67. The van der Waals surface area contributed by atoms with Crippen LogP contribution in [-0.2, 0) is 0 Å². The fourth-order valence-electron chi connectivity index (χ4n) is 3.17. The molecule has 0 aromatic heterocycles. The maximum Gasteiger partial charge on any atom is 0.254 e. The van der Waals surface area contributed by atoms with Gasteiger partial charge in [0.25, 0.3) is 11.8 Å². The lowest BCUT2D eigenvalue weighted by atomic mass is 10.0. The smallest absolute Gasteiger partial charge is 0.254 e. The molecule has 1 unspecified atom stereocenters. The number of halogens is 1. The Bertz CT molecular complexity index is 822. The molecule has 1 aliphatic heterocycles. The summed E-state index contributed by atoms with van der Waals surface area (Å²) in [5.41, 5.74) is 2.03. The molecule has 2 aromatic carbocycles. The Morgan fingerprint density at radius 2 is 1.85 bits per heavy atom. The van der Waals surface area contributed by atoms with Crippen molar-refractivity contribution in [2.75, 3.05) is 33.7 Å². The maximum absolute atomic E-state index is 13.2. The van der Waals surface area contributed by atoms with Crippen LogP contribution in [0.25, 0.3) is 0 Å². The molecule has 2 aromatic rings. The second-order valence-corrected chi connectivity index (χ2v) is 6.99. The quantitative estimate of drug-likeness (QED) is 0.902. The van der Waals surface area contributed by atoms with Gasteiger partial charge in [0.05, 0.1) is 6.04 Å². The zero-order valence-electron chi connectivity index (χ0n) is 14.9. The van der Waals surface area contributed by atoms with Crippen molar-refractivity contribution in [1.82, 2.24) is 15.1 Å². The summed E-state index contributed by atoms with van der Waals surface area (Å²) < 4.78 is 0. The van der Waals surface area contributed by atoms with Crippen LogP contribution in [0, 0.1) is 0 Å². The number of nitrogens with one attached hydrogen (secondary N) is 1. The van der Waals surface area contributed by atoms with Gasteiger partial charge < -0.3 is 15.1 Å². The monoisotopic (exact) mass is 371 g/mol. The molecule has 1 saturated heterocycles. The Morgan fingerprint density at radius 1 is 1.12 bits per heavy atom. The van der Waals surface area contributed by atoms with Crippen LogP contribution in [0.3, 0.4) is 0 Å². The van der Waals surface area contributed by atoms with E-state index in [1.165, 1.54) is 4.90 Å². The van der Waals surface area contributed by atoms with E-state index < -0.39 is 0 Å². The van der Waals surface area contributed by atoms with Crippen molar-refractivity contribution in [2.24, 2.45) is 0 Å². The zero-order chi connectivity index (χ0) is 18.7. The predicted octanol–water partition coefficient (Wildman–Crippen LogP) is 2.83. The first-order chi connectivity index (χ1) is 12.5. The number of benzene rings is 2. The normalized spacial score (nSPS) is 17.0. The summed E-state index contributed by atoms with van der Waals surface area (Å²) in [6, 6.07) is 14.4. The van der Waals surface area contributed by atoms with Crippen LogP contribution in [0.5, 0.6) is 0 Å². The third-order valence-electron chi connectivity index (χ3n) is 4.50. The van der Waals surface area contributed by atoms with Gasteiger partial charge in [-0.15, -0.1) is 0 Å². The first kappa shape index (κ1) is 18.4. The first-order valence-corrected chi connectivity index (χ1v) is 8.94. The molecule has 136 valence electrons. The summed E-state index contributed by atoms with van der Waals surface area (Å²) in [6.07, 6.45) is 0. The first-order valence-electron chi connectivity index (χ1n) is 8.56. The molecule has 26 heavy (non-hydrogen) atoms. The van der Waals surface area contributed by atoms with E-state index in [4.69, 9.17) is 11.6 Å². The molecule has 1 N–H and O–H groups in total. The van der Waals surface area contributed by atoms with Gasteiger partial charge in [-0.2, -0.15) is 0 Å². The van der Waals surface area contributed by atoms with E-state index in [-0.39, 0.29) is 17.9 Å². The molecule has 0 bridgehead atoms. The molecule has 5 nitrogen and oxygen atoms in total. The van der Waals surface area contributed by atoms with Crippen LogP contribution in [-0.4, -0.2) is 55.3 Å². The van der Waals surface area contributed by atoms with E-state index in [1.807, 2.05) is 29.2 Å². The predicted molar refractivity (Wildman–Crippen MR) is 103 cm³/mol. The SMILES string of the molecule is CN(C)C(=O)c1cccc(C(=O)N2CCNCC2c2cccc(Cl)c2)c1. The molecule has 0 aliphatic carbocycles. The van der Waals surface area contributed by atoms with E-state index in [0.29, 0.717) is 29.2 Å². The Kier molecular flexibility index (Phi) is 5.59. The molecular weight excluding hydrogens is 350 g/mol. The van der Waals surface area contributed by atoms with Crippen molar-refractivity contribution in [1.29, 1.82) is 0 Å². The van der Waals surface area contributed by atoms with Crippen LogP contribution < -0.4 is 5.32 Å². The lowest BCUT2D eigenvalue weighted by molar-refractivity contribution is 0.0634. The van der Waals surface area contributed by atoms with Gasteiger partial charge in [-0.25, -0.2) is 0 Å². The number of amides is 2. The van der Waals surface area contributed by atoms with E-state index in [0.717, 1.165) is 12.1 Å². The Labute approximate surface area is 158 Å². The third kappa shape index (κ3) is 3.89. The summed E-state index contributed by atoms with van der Waals surface area (Å²) in [4.78, 5) is 28.7. The largest absolute Gasteiger partial charge is 0.345 e. The van der Waals surface area contributed by atoms with Crippen molar-refractivity contribution >= 4 is 23.4 Å². The number of hydrogen-bond acceptors (Lipinski definition) is 3. The molecule has 0 spiro atoms. The average molecular weight is 372 g/mol. The maximum atomic E-state index is 13.2. The van der Waals surface area contributed by atoms with Crippen molar-refractivity contribution in [3.8, 4) is 0 Å². The standard InChI is InChI=1S/C20H22ClN3O2/c1-23(2)19(25)15-6-3-7-16(11-15)20(26)24-10-9-22-13-18(24)14-5-4-8-17(21)12-14/h3-8,11-12,18,22H,9-10,13H2,1-2H3. The fourth-order valence-corrected chi connectivity index (χ4v) is 3.37. The molecule has 1 fully saturated rings. The topological polar surface area (TPSA) is 52.7 Å². The molecule has 1 aliphatic rings. The molecular formula is C20H22ClN3O2. The van der Waals surface area contributed by atoms with E-state index in [9.17, 15) is 9.59 Å². The van der Waals surface area contributed by atoms with E-state index in [2.05, 4.69) is 5.32 Å². The van der Waals surface area contributed by atoms with Gasteiger partial charge in [0, 0.05) is 49.9 Å². The van der Waals surface area contributed by atoms with Crippen LogP contribution in [0.1, 0.15) is 32.3 Å². The second kappa shape index (κ2) is 7.89. The van der Waals surface area contributed by atoms with Gasteiger partial charge >= 0.3 is 0 Å². The van der Waals surface area contributed by atoms with Crippen LogP contribution >= 0.6 is 11.6 Å². The van der Waals surface area contributed by atoms with Crippen molar-refractivity contribution in [3.63, 3.8) is 0 Å². The van der Waals surface area contributed by atoms with Gasteiger partial charge in [-0.1, -0.05) is 29.8 Å². The van der Waals surface area contributed by atoms with E-state index >= 15 is 0 Å². The highest BCUT2D eigenvalue weighted by atomic mass is 35.5. The number of carbonyl (C=O) groups is 2. The Balaban J connectivity index is 1.90. The number of hydrogen-bond donors (Lipinski definition) is 1. The second-order valence-electron chi connectivity index (χ2n) is 6.55. The molecule has 1 atom stereocenters. The van der Waals surface area contributed by atoms with Crippen molar-refractivity contribution in [2.45, 2.75) is 6.04 Å². The van der Waals surface area contributed by atoms with Crippen molar-refractivity contribution in [3.05, 3.63) is 70.2 Å². The van der Waals surface area contributed by atoms with Gasteiger partial charge in [0.2, 0.25) is 0 Å². The molecule has 2 amide bonds.